The molecule has 202 valence electrons. The Kier molecular flexibility index (Phi) is 7.37. The molecular formula is C25H21F3N6O4S. The van der Waals surface area contributed by atoms with Gasteiger partial charge in [0.1, 0.15) is 0 Å². The van der Waals surface area contributed by atoms with Gasteiger partial charge in [0.15, 0.2) is 0 Å². The number of nitrogens with zero attached hydrogens (tertiary/aromatic N) is 3. The van der Waals surface area contributed by atoms with Crippen LogP contribution in [0.4, 0.5) is 23.7 Å². The molecule has 39 heavy (non-hydrogen) atoms. The smallest absolute Gasteiger partial charge is 0.356 e. The number of anilines is 1. The highest BCUT2D eigenvalue weighted by molar-refractivity contribution is 7.89. The topological polar surface area (TPSA) is 155 Å². The molecule has 2 aliphatic rings. The van der Waals surface area contributed by atoms with E-state index in [0.717, 1.165) is 29.2 Å². The Balaban J connectivity index is 1.76. The molecule has 3 N–H and O–H groups in total. The van der Waals surface area contributed by atoms with E-state index in [1.54, 1.807) is 0 Å². The zero-order chi connectivity index (χ0) is 28.5. The molecule has 0 spiro atoms. The van der Waals surface area contributed by atoms with Gasteiger partial charge in [0.25, 0.3) is 0 Å². The molecule has 1 fully saturated rings. The third-order valence-electron chi connectivity index (χ3n) is 6.40. The Morgan fingerprint density at radius 2 is 1.87 bits per heavy atom. The van der Waals surface area contributed by atoms with Crippen LogP contribution in [0.1, 0.15) is 36.1 Å². The number of nitrogens with one attached hydrogen (secondary N) is 3. The molecule has 0 radical (unpaired) electrons. The Morgan fingerprint density at radius 3 is 2.49 bits per heavy atom. The van der Waals surface area contributed by atoms with Crippen molar-refractivity contribution in [2.45, 2.75) is 30.5 Å². The molecule has 2 aliphatic heterocycles. The van der Waals surface area contributed by atoms with E-state index in [9.17, 15) is 41.7 Å². The van der Waals surface area contributed by atoms with E-state index in [0.29, 0.717) is 0 Å². The number of allylic oxidation sites excluding steroid dienone is 1. The number of urea groups is 1. The standard InChI is InChI=1S/C25H21F3N6O4S/c1-14-20(11-30)23(33-24(36)34(14)18-4-2-3-17(9-18)25(26,27)28)19-6-5-15(10-29)7-21(19)39(37,38)32-13-16-8-22(35)31-12-16/h2-7,9,16,23,32H,8,12-13H2,1H3,(H,31,35)(H,33,36). The molecule has 2 aromatic rings. The third kappa shape index (κ3) is 5.57. The van der Waals surface area contributed by atoms with E-state index in [1.807, 2.05) is 12.1 Å². The molecule has 0 aliphatic carbocycles. The number of rotatable bonds is 6. The highest BCUT2D eigenvalue weighted by Crippen LogP contribution is 2.38. The summed E-state index contributed by atoms with van der Waals surface area (Å²) in [4.78, 5) is 25.2. The van der Waals surface area contributed by atoms with Crippen molar-refractivity contribution < 1.29 is 31.2 Å². The van der Waals surface area contributed by atoms with Crippen LogP contribution in [0, 0.1) is 28.6 Å². The SMILES string of the molecule is CC1=C(C#N)C(c2ccc(C#N)cc2S(=O)(=O)NCC2CNC(=O)C2)NC(=O)N1c1cccc(C(F)(F)F)c1. The van der Waals surface area contributed by atoms with E-state index in [-0.39, 0.29) is 64.3 Å². The first-order chi connectivity index (χ1) is 18.4. The van der Waals surface area contributed by atoms with Crippen molar-refractivity contribution in [3.8, 4) is 12.1 Å². The lowest BCUT2D eigenvalue weighted by atomic mass is 9.94. The average Bonchev–Trinajstić information content (AvgIpc) is 3.31. The first kappa shape index (κ1) is 27.6. The van der Waals surface area contributed by atoms with Gasteiger partial charge < -0.3 is 10.6 Å². The lowest BCUT2D eigenvalue weighted by Gasteiger charge is -2.34. The van der Waals surface area contributed by atoms with Crippen LogP contribution >= 0.6 is 0 Å². The number of halogens is 3. The molecule has 2 aromatic carbocycles. The number of sulfonamides is 1. The summed E-state index contributed by atoms with van der Waals surface area (Å²) in [5.74, 6) is -0.497. The third-order valence-corrected chi connectivity index (χ3v) is 7.88. The van der Waals surface area contributed by atoms with Gasteiger partial charge in [0, 0.05) is 25.2 Å². The fraction of sp³-hybridized carbons (Fsp3) is 0.280. The second kappa shape index (κ2) is 10.4. The minimum atomic E-state index is -4.67. The maximum absolute atomic E-state index is 13.3. The van der Waals surface area contributed by atoms with Crippen LogP contribution in [0.15, 0.2) is 58.6 Å². The van der Waals surface area contributed by atoms with Crippen LogP contribution in [0.3, 0.4) is 0 Å². The molecule has 14 heteroatoms. The van der Waals surface area contributed by atoms with Crippen LogP contribution in [0.2, 0.25) is 0 Å². The lowest BCUT2D eigenvalue weighted by molar-refractivity contribution is -0.137. The second-order valence-electron chi connectivity index (χ2n) is 8.97. The molecule has 2 unspecified atom stereocenters. The van der Waals surface area contributed by atoms with Gasteiger partial charge in [-0.25, -0.2) is 17.9 Å². The number of nitriles is 2. The van der Waals surface area contributed by atoms with E-state index >= 15 is 0 Å². The molecule has 1 saturated heterocycles. The molecule has 3 amide bonds. The molecule has 2 heterocycles. The van der Waals surface area contributed by atoms with Crippen molar-refractivity contribution >= 4 is 27.6 Å². The summed E-state index contributed by atoms with van der Waals surface area (Å²) >= 11 is 0. The van der Waals surface area contributed by atoms with E-state index in [1.165, 1.54) is 25.1 Å². The summed E-state index contributed by atoms with van der Waals surface area (Å²) in [6.45, 7) is 1.58. The first-order valence-corrected chi connectivity index (χ1v) is 13.0. The van der Waals surface area contributed by atoms with Crippen LogP contribution in [0.25, 0.3) is 0 Å². The van der Waals surface area contributed by atoms with Crippen molar-refractivity contribution in [2.24, 2.45) is 5.92 Å². The first-order valence-electron chi connectivity index (χ1n) is 11.5. The number of carbonyl (C=O) groups is 2. The number of hydrogen-bond acceptors (Lipinski definition) is 6. The Bertz CT molecular complexity index is 1570. The quantitative estimate of drug-likeness (QED) is 0.495. The zero-order valence-electron chi connectivity index (χ0n) is 20.3. The summed E-state index contributed by atoms with van der Waals surface area (Å²) in [5, 5.41) is 24.5. The number of hydrogen-bond donors (Lipinski definition) is 3. The van der Waals surface area contributed by atoms with Gasteiger partial charge in [0.2, 0.25) is 15.9 Å². The molecular weight excluding hydrogens is 537 g/mol. The van der Waals surface area contributed by atoms with Crippen molar-refractivity contribution in [3.05, 3.63) is 70.4 Å². The van der Waals surface area contributed by atoms with Gasteiger partial charge in [-0.2, -0.15) is 23.7 Å². The summed E-state index contributed by atoms with van der Waals surface area (Å²) in [5.41, 5.74) is -1.26. The summed E-state index contributed by atoms with van der Waals surface area (Å²) in [6, 6.07) is 9.35. The van der Waals surface area contributed by atoms with Gasteiger partial charge in [-0.05, 0) is 48.7 Å². The molecule has 2 atom stereocenters. The van der Waals surface area contributed by atoms with Crippen LogP contribution in [-0.2, 0) is 21.0 Å². The monoisotopic (exact) mass is 558 g/mol. The van der Waals surface area contributed by atoms with Crippen LogP contribution in [0.5, 0.6) is 0 Å². The largest absolute Gasteiger partial charge is 0.416 e. The number of benzene rings is 2. The minimum Gasteiger partial charge on any atom is -0.356 e. The fourth-order valence-electron chi connectivity index (χ4n) is 4.44. The molecule has 0 bridgehead atoms. The summed E-state index contributed by atoms with van der Waals surface area (Å²) in [7, 11) is -4.29. The average molecular weight is 559 g/mol. The minimum absolute atomic E-state index is 0.00165. The van der Waals surface area contributed by atoms with Gasteiger partial charge in [0.05, 0.1) is 45.5 Å². The van der Waals surface area contributed by atoms with Crippen molar-refractivity contribution in [2.75, 3.05) is 18.0 Å². The fourth-order valence-corrected chi connectivity index (χ4v) is 5.83. The van der Waals surface area contributed by atoms with E-state index in [4.69, 9.17) is 0 Å². The Hall–Kier alpha value is -4.40. The van der Waals surface area contributed by atoms with E-state index in [2.05, 4.69) is 15.4 Å². The highest BCUT2D eigenvalue weighted by atomic mass is 32.2. The Labute approximate surface area is 221 Å². The maximum atomic E-state index is 13.3. The van der Waals surface area contributed by atoms with Crippen LogP contribution in [-0.4, -0.2) is 33.4 Å². The van der Waals surface area contributed by atoms with Gasteiger partial charge >= 0.3 is 12.2 Å². The van der Waals surface area contributed by atoms with Gasteiger partial charge in [-0.1, -0.05) is 12.1 Å². The lowest BCUT2D eigenvalue weighted by Crippen LogP contribution is -2.47. The second-order valence-corrected chi connectivity index (χ2v) is 10.7. The van der Waals surface area contributed by atoms with E-state index < -0.39 is 33.8 Å². The molecule has 0 saturated carbocycles. The predicted octanol–water partition coefficient (Wildman–Crippen LogP) is 3.06. The van der Waals surface area contributed by atoms with Gasteiger partial charge in [-0.15, -0.1) is 0 Å². The van der Waals surface area contributed by atoms with Crippen LogP contribution < -0.4 is 20.3 Å². The predicted molar refractivity (Wildman–Crippen MR) is 131 cm³/mol. The molecule has 10 nitrogen and oxygen atoms in total. The number of alkyl halides is 3. The number of amides is 3. The zero-order valence-corrected chi connectivity index (χ0v) is 21.2. The molecule has 0 aromatic heterocycles. The summed E-state index contributed by atoms with van der Waals surface area (Å²) < 4.78 is 68.9. The number of carbonyl (C=O) groups excluding carboxylic acids is 2. The normalized spacial score (nSPS) is 19.8. The molecule has 4 rings (SSSR count). The van der Waals surface area contributed by atoms with Crippen molar-refractivity contribution in [1.82, 2.24) is 15.4 Å². The van der Waals surface area contributed by atoms with Crippen molar-refractivity contribution in [1.29, 1.82) is 10.5 Å². The maximum Gasteiger partial charge on any atom is 0.416 e. The Morgan fingerprint density at radius 1 is 1.13 bits per heavy atom. The summed E-state index contributed by atoms with van der Waals surface area (Å²) in [6.07, 6.45) is -4.53. The highest BCUT2D eigenvalue weighted by Gasteiger charge is 2.38. The van der Waals surface area contributed by atoms with Gasteiger partial charge in [-0.3, -0.25) is 9.69 Å². The van der Waals surface area contributed by atoms with Crippen molar-refractivity contribution in [3.63, 3.8) is 0 Å².